The third kappa shape index (κ3) is 1.93. The SMILES string of the molecule is NC1C2CCOC2C1NC(=O)c1ccc(Br)s1. The van der Waals surface area contributed by atoms with Crippen LogP contribution >= 0.6 is 27.3 Å². The van der Waals surface area contributed by atoms with Crippen LogP contribution in [0.1, 0.15) is 16.1 Å². The number of thiophene rings is 1. The zero-order valence-corrected chi connectivity index (χ0v) is 11.5. The van der Waals surface area contributed by atoms with Crippen molar-refractivity contribution in [2.45, 2.75) is 24.6 Å². The van der Waals surface area contributed by atoms with Gasteiger partial charge in [0.15, 0.2) is 0 Å². The number of halogens is 1. The van der Waals surface area contributed by atoms with Gasteiger partial charge in [-0.25, -0.2) is 0 Å². The third-order valence-electron chi connectivity index (χ3n) is 3.54. The Morgan fingerprint density at radius 1 is 1.59 bits per heavy atom. The average Bonchev–Trinajstić information content (AvgIpc) is 2.92. The summed E-state index contributed by atoms with van der Waals surface area (Å²) < 4.78 is 6.53. The van der Waals surface area contributed by atoms with Gasteiger partial charge in [0.05, 0.1) is 20.8 Å². The van der Waals surface area contributed by atoms with Crippen LogP contribution in [-0.2, 0) is 4.74 Å². The molecule has 1 aliphatic carbocycles. The van der Waals surface area contributed by atoms with Crippen molar-refractivity contribution < 1.29 is 9.53 Å². The predicted molar refractivity (Wildman–Crippen MR) is 69.1 cm³/mol. The van der Waals surface area contributed by atoms with E-state index < -0.39 is 0 Å². The Morgan fingerprint density at radius 3 is 3.12 bits per heavy atom. The lowest BCUT2D eigenvalue weighted by Crippen LogP contribution is -2.68. The maximum absolute atomic E-state index is 12.0. The van der Waals surface area contributed by atoms with Crippen molar-refractivity contribution >= 4 is 33.2 Å². The van der Waals surface area contributed by atoms with Gasteiger partial charge in [-0.3, -0.25) is 4.79 Å². The van der Waals surface area contributed by atoms with E-state index in [0.29, 0.717) is 10.8 Å². The van der Waals surface area contributed by atoms with Crippen molar-refractivity contribution in [3.05, 3.63) is 20.8 Å². The molecule has 17 heavy (non-hydrogen) atoms. The lowest BCUT2D eigenvalue weighted by Gasteiger charge is -2.45. The molecule has 0 spiro atoms. The van der Waals surface area contributed by atoms with E-state index >= 15 is 0 Å². The summed E-state index contributed by atoms with van der Waals surface area (Å²) in [4.78, 5) is 12.7. The van der Waals surface area contributed by atoms with Crippen molar-refractivity contribution in [1.82, 2.24) is 5.32 Å². The zero-order valence-electron chi connectivity index (χ0n) is 9.06. The van der Waals surface area contributed by atoms with Crippen molar-refractivity contribution in [2.75, 3.05) is 6.61 Å². The summed E-state index contributed by atoms with van der Waals surface area (Å²) in [6.45, 7) is 0.764. The average molecular weight is 317 g/mol. The molecule has 4 unspecified atom stereocenters. The van der Waals surface area contributed by atoms with Crippen LogP contribution in [0, 0.1) is 5.92 Å². The molecule has 1 aromatic rings. The number of fused-ring (bicyclic) bond motifs is 1. The highest BCUT2D eigenvalue weighted by atomic mass is 79.9. The molecule has 92 valence electrons. The number of nitrogens with one attached hydrogen (secondary N) is 1. The smallest absolute Gasteiger partial charge is 0.261 e. The lowest BCUT2D eigenvalue weighted by molar-refractivity contribution is -0.0160. The Kier molecular flexibility index (Phi) is 2.98. The molecule has 1 saturated carbocycles. The molecule has 0 radical (unpaired) electrons. The van der Waals surface area contributed by atoms with E-state index in [1.165, 1.54) is 11.3 Å². The van der Waals surface area contributed by atoms with Crippen LogP contribution in [0.5, 0.6) is 0 Å². The second-order valence-electron chi connectivity index (χ2n) is 4.47. The fraction of sp³-hybridized carbons (Fsp3) is 0.545. The fourth-order valence-corrected chi connectivity index (χ4v) is 3.88. The van der Waals surface area contributed by atoms with Gasteiger partial charge in [0, 0.05) is 18.6 Å². The molecule has 0 aromatic carbocycles. The van der Waals surface area contributed by atoms with Crippen LogP contribution in [0.3, 0.4) is 0 Å². The largest absolute Gasteiger partial charge is 0.376 e. The Labute approximate surface area is 112 Å². The number of carbonyl (C=O) groups is 1. The van der Waals surface area contributed by atoms with Gasteiger partial charge in [0.2, 0.25) is 0 Å². The first-order valence-corrected chi connectivity index (χ1v) is 7.21. The summed E-state index contributed by atoms with van der Waals surface area (Å²) in [5, 5.41) is 2.97. The van der Waals surface area contributed by atoms with Gasteiger partial charge in [-0.15, -0.1) is 11.3 Å². The van der Waals surface area contributed by atoms with E-state index in [2.05, 4.69) is 21.2 Å². The topological polar surface area (TPSA) is 64.3 Å². The van der Waals surface area contributed by atoms with Crippen molar-refractivity contribution in [3.8, 4) is 0 Å². The van der Waals surface area contributed by atoms with Gasteiger partial charge >= 0.3 is 0 Å². The van der Waals surface area contributed by atoms with Gasteiger partial charge in [-0.05, 0) is 34.5 Å². The third-order valence-corrected chi connectivity index (χ3v) is 5.16. The highest BCUT2D eigenvalue weighted by Gasteiger charge is 2.52. The molecule has 4 nitrogen and oxygen atoms in total. The van der Waals surface area contributed by atoms with Crippen LogP contribution < -0.4 is 11.1 Å². The molecule has 1 aromatic heterocycles. The molecule has 2 heterocycles. The van der Waals surface area contributed by atoms with Crippen molar-refractivity contribution in [2.24, 2.45) is 11.7 Å². The zero-order chi connectivity index (χ0) is 12.0. The summed E-state index contributed by atoms with van der Waals surface area (Å²) in [6.07, 6.45) is 1.14. The van der Waals surface area contributed by atoms with Gasteiger partial charge in [-0.2, -0.15) is 0 Å². The standard InChI is InChI=1S/C11H13BrN2O2S/c12-7-2-1-6(17-7)11(15)14-9-8(13)5-3-4-16-10(5)9/h1-2,5,8-10H,3-4,13H2,(H,14,15). The molecule has 0 bridgehead atoms. The summed E-state index contributed by atoms with van der Waals surface area (Å²) >= 11 is 4.77. The molecule has 1 aliphatic heterocycles. The quantitative estimate of drug-likeness (QED) is 0.865. The molecular weight excluding hydrogens is 304 g/mol. The molecule has 4 atom stereocenters. The second kappa shape index (κ2) is 4.35. The van der Waals surface area contributed by atoms with Crippen LogP contribution in [0.2, 0.25) is 0 Å². The van der Waals surface area contributed by atoms with Crippen LogP contribution in [0.4, 0.5) is 0 Å². The number of carbonyl (C=O) groups excluding carboxylic acids is 1. The Morgan fingerprint density at radius 2 is 2.41 bits per heavy atom. The van der Waals surface area contributed by atoms with Crippen LogP contribution in [-0.4, -0.2) is 30.7 Å². The molecule has 2 aliphatic rings. The molecule has 3 N–H and O–H groups in total. The first kappa shape index (κ1) is 11.6. The van der Waals surface area contributed by atoms with Crippen LogP contribution in [0.15, 0.2) is 15.9 Å². The lowest BCUT2D eigenvalue weighted by atomic mass is 9.72. The molecule has 1 amide bonds. The monoisotopic (exact) mass is 316 g/mol. The minimum atomic E-state index is -0.0601. The molecule has 2 fully saturated rings. The second-order valence-corrected chi connectivity index (χ2v) is 6.93. The van der Waals surface area contributed by atoms with E-state index in [-0.39, 0.29) is 24.1 Å². The number of hydrogen-bond acceptors (Lipinski definition) is 4. The van der Waals surface area contributed by atoms with Gasteiger partial charge < -0.3 is 15.8 Å². The summed E-state index contributed by atoms with van der Waals surface area (Å²) in [7, 11) is 0. The number of rotatable bonds is 2. The Hall–Kier alpha value is -0.430. The summed E-state index contributed by atoms with van der Waals surface area (Å²) in [5.74, 6) is 0.366. The van der Waals surface area contributed by atoms with Gasteiger partial charge in [-0.1, -0.05) is 0 Å². The van der Waals surface area contributed by atoms with Crippen molar-refractivity contribution in [3.63, 3.8) is 0 Å². The number of nitrogens with two attached hydrogens (primary N) is 1. The van der Waals surface area contributed by atoms with Crippen LogP contribution in [0.25, 0.3) is 0 Å². The summed E-state index contributed by atoms with van der Waals surface area (Å²) in [6, 6.07) is 3.68. The van der Waals surface area contributed by atoms with E-state index in [0.717, 1.165) is 16.8 Å². The molecule has 1 saturated heterocycles. The Balaban J connectivity index is 1.66. The minimum absolute atomic E-state index is 0.0316. The molecule has 6 heteroatoms. The van der Waals surface area contributed by atoms with Crippen molar-refractivity contribution in [1.29, 1.82) is 0 Å². The van der Waals surface area contributed by atoms with Gasteiger partial charge in [0.25, 0.3) is 5.91 Å². The Bertz CT molecular complexity index is 450. The molecular formula is C11H13BrN2O2S. The number of ether oxygens (including phenoxy) is 1. The van der Waals surface area contributed by atoms with Gasteiger partial charge in [0.1, 0.15) is 0 Å². The summed E-state index contributed by atoms with van der Waals surface area (Å²) in [5.41, 5.74) is 6.04. The first-order chi connectivity index (χ1) is 8.16. The molecule has 3 rings (SSSR count). The van der Waals surface area contributed by atoms with E-state index in [1.807, 2.05) is 6.07 Å². The maximum Gasteiger partial charge on any atom is 0.261 e. The maximum atomic E-state index is 12.0. The number of amides is 1. The minimum Gasteiger partial charge on any atom is -0.376 e. The first-order valence-electron chi connectivity index (χ1n) is 5.60. The fourth-order valence-electron chi connectivity index (χ4n) is 2.59. The van der Waals surface area contributed by atoms with E-state index in [1.54, 1.807) is 6.07 Å². The normalized spacial score (nSPS) is 35.2. The highest BCUT2D eigenvalue weighted by molar-refractivity contribution is 9.11. The highest BCUT2D eigenvalue weighted by Crippen LogP contribution is 2.38. The van der Waals surface area contributed by atoms with E-state index in [9.17, 15) is 4.79 Å². The van der Waals surface area contributed by atoms with E-state index in [4.69, 9.17) is 10.5 Å². The predicted octanol–water partition coefficient (Wildman–Crippen LogP) is 1.36. The number of hydrogen-bond donors (Lipinski definition) is 2.